The van der Waals surface area contributed by atoms with Gasteiger partial charge in [-0.2, -0.15) is 5.10 Å². The zero-order valence-corrected chi connectivity index (χ0v) is 16.9. The van der Waals surface area contributed by atoms with E-state index in [9.17, 15) is 0 Å². The fourth-order valence-electron chi connectivity index (χ4n) is 3.59. The van der Waals surface area contributed by atoms with E-state index in [1.165, 1.54) is 6.33 Å². The minimum atomic E-state index is 0.437. The van der Waals surface area contributed by atoms with E-state index in [0.29, 0.717) is 29.7 Å². The molecule has 0 aliphatic rings. The van der Waals surface area contributed by atoms with Crippen molar-refractivity contribution in [1.29, 1.82) is 0 Å². The largest absolute Gasteiger partial charge is 0.438 e. The fraction of sp³-hybridized carbons (Fsp3) is 0.0870. The van der Waals surface area contributed by atoms with E-state index >= 15 is 0 Å². The topological polar surface area (TPSA) is 114 Å². The number of hydrogen-bond acceptors (Lipinski definition) is 7. The van der Waals surface area contributed by atoms with E-state index in [0.717, 1.165) is 32.9 Å². The van der Waals surface area contributed by atoms with Gasteiger partial charge in [-0.25, -0.2) is 9.97 Å². The number of anilines is 3. The molecule has 154 valence electrons. The van der Waals surface area contributed by atoms with Gasteiger partial charge in [-0.05, 0) is 36.9 Å². The lowest BCUT2D eigenvalue weighted by Crippen LogP contribution is -2.08. The third-order valence-corrected chi connectivity index (χ3v) is 5.07. The monoisotopic (exact) mass is 411 g/mol. The Kier molecular flexibility index (Phi) is 4.81. The molecule has 0 spiro atoms. The highest BCUT2D eigenvalue weighted by atomic mass is 16.5. The average Bonchev–Trinajstić information content (AvgIpc) is 3.24. The van der Waals surface area contributed by atoms with Gasteiger partial charge in [-0.3, -0.25) is 5.10 Å². The molecule has 2 aromatic heterocycles. The number of nitrogen functional groups attached to an aromatic ring is 1. The van der Waals surface area contributed by atoms with Gasteiger partial charge >= 0.3 is 0 Å². The molecule has 8 nitrogen and oxygen atoms in total. The highest BCUT2D eigenvalue weighted by Gasteiger charge is 2.10. The summed E-state index contributed by atoms with van der Waals surface area (Å²) in [4.78, 5) is 8.63. The fourth-order valence-corrected chi connectivity index (χ4v) is 3.59. The summed E-state index contributed by atoms with van der Waals surface area (Å²) < 4.78 is 6.09. The summed E-state index contributed by atoms with van der Waals surface area (Å²) in [7, 11) is 1.91. The highest BCUT2D eigenvalue weighted by molar-refractivity contribution is 5.97. The van der Waals surface area contributed by atoms with Crippen molar-refractivity contribution in [2.75, 3.05) is 18.1 Å². The molecule has 5 rings (SSSR count). The molecule has 0 saturated heterocycles. The van der Waals surface area contributed by atoms with Gasteiger partial charge in [0.05, 0.1) is 11.7 Å². The number of ether oxygens (including phenoxy) is 1. The van der Waals surface area contributed by atoms with E-state index in [1.807, 2.05) is 49.5 Å². The van der Waals surface area contributed by atoms with Crippen LogP contribution in [-0.4, -0.2) is 27.2 Å². The van der Waals surface area contributed by atoms with Crippen LogP contribution in [0.2, 0.25) is 0 Å². The number of nitrogens with two attached hydrogens (primary N) is 1. The number of aromatic nitrogens is 4. The van der Waals surface area contributed by atoms with Crippen LogP contribution in [0.15, 0.2) is 67.1 Å². The first-order valence-corrected chi connectivity index (χ1v) is 9.86. The van der Waals surface area contributed by atoms with E-state index in [-0.39, 0.29) is 0 Å². The third-order valence-electron chi connectivity index (χ3n) is 5.07. The molecule has 0 unspecified atom stereocenters. The van der Waals surface area contributed by atoms with Crippen LogP contribution in [0, 0.1) is 0 Å². The predicted octanol–water partition coefficient (Wildman–Crippen LogP) is 4.34. The van der Waals surface area contributed by atoms with Gasteiger partial charge in [-0.15, -0.1) is 0 Å². The van der Waals surface area contributed by atoms with Gasteiger partial charge in [0.15, 0.2) is 0 Å². The van der Waals surface area contributed by atoms with Crippen LogP contribution in [-0.2, 0) is 6.54 Å². The van der Waals surface area contributed by atoms with Gasteiger partial charge in [0.25, 0.3) is 0 Å². The molecule has 5 aromatic rings. The van der Waals surface area contributed by atoms with Crippen LogP contribution in [0.25, 0.3) is 21.7 Å². The van der Waals surface area contributed by atoms with Crippen molar-refractivity contribution in [3.63, 3.8) is 0 Å². The van der Waals surface area contributed by atoms with Crippen LogP contribution in [0.3, 0.4) is 0 Å². The summed E-state index contributed by atoms with van der Waals surface area (Å²) in [6, 6.07) is 17.4. The average molecular weight is 411 g/mol. The zero-order chi connectivity index (χ0) is 21.2. The molecule has 31 heavy (non-hydrogen) atoms. The number of hydrogen-bond donors (Lipinski definition) is 4. The van der Waals surface area contributed by atoms with Crippen molar-refractivity contribution < 1.29 is 4.74 Å². The highest BCUT2D eigenvalue weighted by Crippen LogP contribution is 2.33. The lowest BCUT2D eigenvalue weighted by molar-refractivity contribution is 0.467. The predicted molar refractivity (Wildman–Crippen MR) is 123 cm³/mol. The number of rotatable bonds is 6. The zero-order valence-electron chi connectivity index (χ0n) is 16.9. The number of fused-ring (bicyclic) bond motifs is 2. The molecule has 5 N–H and O–H groups in total. The summed E-state index contributed by atoms with van der Waals surface area (Å²) in [5.74, 6) is 1.75. The number of nitrogens with one attached hydrogen (secondary N) is 3. The summed E-state index contributed by atoms with van der Waals surface area (Å²) in [5, 5.41) is 16.6. The molecule has 0 amide bonds. The van der Waals surface area contributed by atoms with Gasteiger partial charge in [0, 0.05) is 40.1 Å². The minimum Gasteiger partial charge on any atom is -0.438 e. The Morgan fingerprint density at radius 1 is 1.03 bits per heavy atom. The molecule has 0 aliphatic carbocycles. The Morgan fingerprint density at radius 2 is 1.90 bits per heavy atom. The molecule has 0 aliphatic heterocycles. The van der Waals surface area contributed by atoms with Gasteiger partial charge < -0.3 is 21.1 Å². The first-order valence-electron chi connectivity index (χ1n) is 9.86. The van der Waals surface area contributed by atoms with E-state index < -0.39 is 0 Å². The van der Waals surface area contributed by atoms with Crippen molar-refractivity contribution in [3.05, 3.63) is 72.7 Å². The first kappa shape index (κ1) is 18.8. The van der Waals surface area contributed by atoms with E-state index in [1.54, 1.807) is 12.3 Å². The molecular formula is C23H21N7O. The van der Waals surface area contributed by atoms with E-state index in [2.05, 4.69) is 36.9 Å². The van der Waals surface area contributed by atoms with Crippen molar-refractivity contribution in [2.45, 2.75) is 6.54 Å². The van der Waals surface area contributed by atoms with Gasteiger partial charge in [0.1, 0.15) is 17.9 Å². The molecule has 0 bridgehead atoms. The molecule has 0 fully saturated rings. The lowest BCUT2D eigenvalue weighted by Gasteiger charge is -2.13. The van der Waals surface area contributed by atoms with Gasteiger partial charge in [-0.1, -0.05) is 24.3 Å². The quantitative estimate of drug-likeness (QED) is 0.307. The Labute approximate surface area is 178 Å². The third kappa shape index (κ3) is 3.72. The van der Waals surface area contributed by atoms with Crippen LogP contribution in [0.5, 0.6) is 11.6 Å². The van der Waals surface area contributed by atoms with E-state index in [4.69, 9.17) is 10.5 Å². The number of H-pyrrole nitrogens is 1. The van der Waals surface area contributed by atoms with Crippen LogP contribution in [0.1, 0.15) is 5.56 Å². The Hall–Kier alpha value is -4.17. The molecule has 0 atom stereocenters. The van der Waals surface area contributed by atoms with Crippen molar-refractivity contribution in [1.82, 2.24) is 25.5 Å². The molecular weight excluding hydrogens is 390 g/mol. The Balaban J connectivity index is 1.46. The summed E-state index contributed by atoms with van der Waals surface area (Å²) in [5.41, 5.74) is 9.81. The summed E-state index contributed by atoms with van der Waals surface area (Å²) >= 11 is 0. The first-order chi connectivity index (χ1) is 15.2. The molecule has 0 saturated carbocycles. The Bertz CT molecular complexity index is 1380. The van der Waals surface area contributed by atoms with Crippen LogP contribution in [0.4, 0.5) is 17.2 Å². The van der Waals surface area contributed by atoms with Gasteiger partial charge in [0.2, 0.25) is 5.88 Å². The number of nitrogens with zero attached hydrogens (tertiary/aromatic N) is 3. The molecule has 0 radical (unpaired) electrons. The minimum absolute atomic E-state index is 0.437. The number of aromatic amines is 1. The summed E-state index contributed by atoms with van der Waals surface area (Å²) in [6.07, 6.45) is 3.27. The Morgan fingerprint density at radius 3 is 2.77 bits per heavy atom. The second-order valence-electron chi connectivity index (χ2n) is 7.16. The molecule has 2 heterocycles. The van der Waals surface area contributed by atoms with Crippen molar-refractivity contribution in [2.24, 2.45) is 0 Å². The maximum Gasteiger partial charge on any atom is 0.224 e. The maximum absolute atomic E-state index is 6.10. The SMILES string of the molecule is CNCc1cc2[nH]ncc2cc1Nc1cc(Oc2ccc(N)c3ccccc23)ncn1. The normalized spacial score (nSPS) is 11.1. The molecule has 8 heteroatoms. The van der Waals surface area contributed by atoms with Crippen molar-refractivity contribution >= 4 is 38.9 Å². The summed E-state index contributed by atoms with van der Waals surface area (Å²) in [6.45, 7) is 0.698. The maximum atomic E-state index is 6.10. The van der Waals surface area contributed by atoms with Crippen molar-refractivity contribution in [3.8, 4) is 11.6 Å². The second kappa shape index (κ2) is 7.92. The second-order valence-corrected chi connectivity index (χ2v) is 7.16. The smallest absolute Gasteiger partial charge is 0.224 e. The number of benzene rings is 3. The lowest BCUT2D eigenvalue weighted by atomic mass is 10.1. The van der Waals surface area contributed by atoms with Crippen LogP contribution >= 0.6 is 0 Å². The molecule has 3 aromatic carbocycles. The van der Waals surface area contributed by atoms with Crippen LogP contribution < -0.4 is 21.1 Å². The standard InChI is InChI=1S/C23H21N7O/c1-25-11-14-9-20-15(12-28-30-20)8-19(14)29-22-10-23(27-13-26-22)31-21-7-6-18(24)16-4-2-3-5-17(16)21/h2-10,12-13,25H,11,24H2,1H3,(H,28,30)(H,26,27,29).